The third-order valence-corrected chi connectivity index (χ3v) is 7.01. The number of aromatic nitrogens is 2. The van der Waals surface area contributed by atoms with Crippen LogP contribution in [0.2, 0.25) is 0 Å². The summed E-state index contributed by atoms with van der Waals surface area (Å²) in [6.45, 7) is 3.70. The molecule has 0 aliphatic carbocycles. The van der Waals surface area contributed by atoms with Crippen LogP contribution in [0.4, 0.5) is 24.5 Å². The van der Waals surface area contributed by atoms with Gasteiger partial charge in [0.1, 0.15) is 11.8 Å². The maximum atomic E-state index is 13.8. The number of ether oxygens (including phenoxy) is 1. The van der Waals surface area contributed by atoms with E-state index in [1.54, 1.807) is 4.68 Å². The van der Waals surface area contributed by atoms with Gasteiger partial charge in [0.05, 0.1) is 42.2 Å². The third-order valence-electron chi connectivity index (χ3n) is 7.01. The highest BCUT2D eigenvalue weighted by Gasteiger charge is 2.48. The molecule has 3 aromatic rings. The van der Waals surface area contributed by atoms with Crippen molar-refractivity contribution in [3.63, 3.8) is 0 Å². The summed E-state index contributed by atoms with van der Waals surface area (Å²) in [7, 11) is 1.41. The molecule has 38 heavy (non-hydrogen) atoms. The quantitative estimate of drug-likeness (QED) is 0.536. The summed E-state index contributed by atoms with van der Waals surface area (Å²) in [5.41, 5.74) is 0.167. The van der Waals surface area contributed by atoms with Crippen molar-refractivity contribution in [1.29, 1.82) is 5.26 Å². The number of methoxy groups -OCH3 is 1. The Morgan fingerprint density at radius 2 is 2.03 bits per heavy atom. The summed E-state index contributed by atoms with van der Waals surface area (Å²) in [5, 5.41) is 19.7. The molecule has 2 aliphatic heterocycles. The Balaban J connectivity index is 1.53. The molecule has 2 N–H and O–H groups in total. The molecule has 9 nitrogen and oxygen atoms in total. The van der Waals surface area contributed by atoms with E-state index >= 15 is 0 Å². The van der Waals surface area contributed by atoms with E-state index in [2.05, 4.69) is 15.7 Å². The van der Waals surface area contributed by atoms with Crippen molar-refractivity contribution < 1.29 is 27.5 Å². The fraction of sp³-hybridized carbons (Fsp3) is 0.308. The van der Waals surface area contributed by atoms with Crippen LogP contribution in [0.15, 0.2) is 42.6 Å². The number of amides is 2. The number of nitriles is 1. The van der Waals surface area contributed by atoms with Gasteiger partial charge >= 0.3 is 6.18 Å². The summed E-state index contributed by atoms with van der Waals surface area (Å²) in [6, 6.07) is 9.13. The van der Waals surface area contributed by atoms with Crippen LogP contribution < -0.4 is 20.3 Å². The molecule has 1 aromatic heterocycles. The second-order valence-electron chi connectivity index (χ2n) is 9.26. The number of hydrogen-bond acceptors (Lipinski definition) is 6. The van der Waals surface area contributed by atoms with Crippen molar-refractivity contribution in [2.45, 2.75) is 38.1 Å². The van der Waals surface area contributed by atoms with Gasteiger partial charge in [-0.2, -0.15) is 23.5 Å². The molecule has 0 saturated carbocycles. The Bertz CT molecular complexity index is 1490. The van der Waals surface area contributed by atoms with Gasteiger partial charge in [-0.05, 0) is 55.8 Å². The predicted molar refractivity (Wildman–Crippen MR) is 131 cm³/mol. The summed E-state index contributed by atoms with van der Waals surface area (Å²) in [5.74, 6) is -0.746. The molecule has 196 valence electrons. The van der Waals surface area contributed by atoms with Gasteiger partial charge in [-0.3, -0.25) is 14.3 Å². The number of fused-ring (bicyclic) bond motifs is 3. The zero-order valence-electron chi connectivity index (χ0n) is 20.6. The van der Waals surface area contributed by atoms with E-state index in [0.717, 1.165) is 6.07 Å². The number of halogens is 3. The van der Waals surface area contributed by atoms with E-state index < -0.39 is 29.6 Å². The number of hydrogen-bond donors (Lipinski definition) is 2. The lowest BCUT2D eigenvalue weighted by Crippen LogP contribution is -2.52. The molecule has 2 aliphatic rings. The monoisotopic (exact) mass is 524 g/mol. The van der Waals surface area contributed by atoms with Gasteiger partial charge in [-0.1, -0.05) is 0 Å². The topological polar surface area (TPSA) is 112 Å². The first kappa shape index (κ1) is 25.3. The standard InChI is InChI=1S/C26H23F3N6O3/c1-13-8-17(5-6-18(13)26(27,28)29)34-20-12-31-14(2)22(20)35-23(25(34)37)19(11-32-35)33-24(36)15-4-7-21(38-3)16(9-15)10-30/h4-9,11,14,20,22,31H,12H2,1-3H3,(H,33,36)/t14?,20-,22+/m0/s1. The lowest BCUT2D eigenvalue weighted by molar-refractivity contribution is -0.138. The molecular formula is C26H23F3N6O3. The minimum atomic E-state index is -4.51. The number of carbonyl (C=O) groups excluding carboxylic acids is 2. The molecule has 3 heterocycles. The second kappa shape index (κ2) is 9.18. The molecule has 0 bridgehead atoms. The number of nitrogens with zero attached hydrogens (tertiary/aromatic N) is 4. The van der Waals surface area contributed by atoms with Crippen molar-refractivity contribution in [3.8, 4) is 11.8 Å². The lowest BCUT2D eigenvalue weighted by Gasteiger charge is -2.39. The van der Waals surface area contributed by atoms with Crippen LogP contribution in [0.25, 0.3) is 0 Å². The zero-order chi connectivity index (χ0) is 27.4. The van der Waals surface area contributed by atoms with Gasteiger partial charge in [-0.15, -0.1) is 0 Å². The zero-order valence-corrected chi connectivity index (χ0v) is 20.6. The third kappa shape index (κ3) is 4.05. The van der Waals surface area contributed by atoms with Crippen LogP contribution in [0.5, 0.6) is 5.75 Å². The van der Waals surface area contributed by atoms with Crippen molar-refractivity contribution in [1.82, 2.24) is 15.1 Å². The Hall–Kier alpha value is -4.37. The van der Waals surface area contributed by atoms with E-state index in [0.29, 0.717) is 18.0 Å². The molecular weight excluding hydrogens is 501 g/mol. The molecule has 0 spiro atoms. The van der Waals surface area contributed by atoms with E-state index in [-0.39, 0.29) is 40.2 Å². The molecule has 1 saturated heterocycles. The highest BCUT2D eigenvalue weighted by molar-refractivity contribution is 6.13. The first-order valence-electron chi connectivity index (χ1n) is 11.8. The fourth-order valence-corrected chi connectivity index (χ4v) is 5.21. The van der Waals surface area contributed by atoms with Gasteiger partial charge in [0, 0.05) is 23.8 Å². The molecule has 12 heteroatoms. The van der Waals surface area contributed by atoms with Crippen molar-refractivity contribution >= 4 is 23.2 Å². The van der Waals surface area contributed by atoms with Gasteiger partial charge in [0.25, 0.3) is 11.8 Å². The van der Waals surface area contributed by atoms with E-state index in [1.165, 1.54) is 55.5 Å². The van der Waals surface area contributed by atoms with Crippen LogP contribution in [0, 0.1) is 18.3 Å². The first-order chi connectivity index (χ1) is 18.0. The second-order valence-corrected chi connectivity index (χ2v) is 9.26. The minimum Gasteiger partial charge on any atom is -0.495 e. The Labute approximate surface area is 215 Å². The molecule has 1 unspecified atom stereocenters. The molecule has 0 radical (unpaired) electrons. The summed E-state index contributed by atoms with van der Waals surface area (Å²) in [6.07, 6.45) is -3.13. The number of benzene rings is 2. The van der Waals surface area contributed by atoms with Crippen LogP contribution in [-0.4, -0.2) is 47.3 Å². The smallest absolute Gasteiger partial charge is 0.416 e. The van der Waals surface area contributed by atoms with Gasteiger partial charge in [0.15, 0.2) is 5.69 Å². The molecule has 5 rings (SSSR count). The SMILES string of the molecule is COc1ccc(C(=O)Nc2cnn3c2C(=O)N(c2ccc(C(F)(F)F)c(C)c2)[C@H]2CNC(C)[C@H]23)cc1C#N. The average Bonchev–Trinajstić information content (AvgIpc) is 3.46. The average molecular weight is 525 g/mol. The normalized spacial score (nSPS) is 20.5. The Kier molecular flexibility index (Phi) is 6.11. The lowest BCUT2D eigenvalue weighted by atomic mass is 9.98. The summed E-state index contributed by atoms with van der Waals surface area (Å²) < 4.78 is 46.8. The minimum absolute atomic E-state index is 0.00114. The molecule has 2 aromatic carbocycles. The predicted octanol–water partition coefficient (Wildman–Crippen LogP) is 3.90. The maximum absolute atomic E-state index is 13.8. The van der Waals surface area contributed by atoms with Crippen molar-refractivity contribution in [2.24, 2.45) is 0 Å². The fourth-order valence-electron chi connectivity index (χ4n) is 5.21. The van der Waals surface area contributed by atoms with Crippen molar-refractivity contribution in [3.05, 3.63) is 70.5 Å². The number of alkyl halides is 3. The van der Waals surface area contributed by atoms with Gasteiger partial charge < -0.3 is 20.3 Å². The number of nitrogens with one attached hydrogen (secondary N) is 2. The number of carbonyl (C=O) groups is 2. The Morgan fingerprint density at radius 1 is 1.26 bits per heavy atom. The Morgan fingerprint density at radius 3 is 2.68 bits per heavy atom. The van der Waals surface area contributed by atoms with Crippen LogP contribution in [0.3, 0.4) is 0 Å². The van der Waals surface area contributed by atoms with Gasteiger partial charge in [0.2, 0.25) is 0 Å². The molecule has 3 atom stereocenters. The van der Waals surface area contributed by atoms with Crippen molar-refractivity contribution in [2.75, 3.05) is 23.9 Å². The highest BCUT2D eigenvalue weighted by atomic mass is 19.4. The van der Waals surface area contributed by atoms with E-state index in [4.69, 9.17) is 4.74 Å². The van der Waals surface area contributed by atoms with Crippen LogP contribution >= 0.6 is 0 Å². The number of anilines is 2. The number of aryl methyl sites for hydroxylation is 1. The molecule has 1 fully saturated rings. The van der Waals surface area contributed by atoms with Gasteiger partial charge in [-0.25, -0.2) is 0 Å². The largest absolute Gasteiger partial charge is 0.495 e. The van der Waals surface area contributed by atoms with E-state index in [1.807, 2.05) is 13.0 Å². The van der Waals surface area contributed by atoms with Crippen LogP contribution in [-0.2, 0) is 6.18 Å². The summed E-state index contributed by atoms with van der Waals surface area (Å²) in [4.78, 5) is 28.4. The van der Waals surface area contributed by atoms with Crippen LogP contribution in [0.1, 0.15) is 50.5 Å². The molecule has 2 amide bonds. The summed E-state index contributed by atoms with van der Waals surface area (Å²) >= 11 is 0. The van der Waals surface area contributed by atoms with E-state index in [9.17, 15) is 28.0 Å². The highest BCUT2D eigenvalue weighted by Crippen LogP contribution is 2.40. The number of rotatable bonds is 4. The maximum Gasteiger partial charge on any atom is 0.416 e. The first-order valence-corrected chi connectivity index (χ1v) is 11.8.